The number of anilines is 5. The van der Waals surface area contributed by atoms with Crippen molar-refractivity contribution < 1.29 is 4.42 Å². The normalized spacial score (nSPS) is 14.0. The van der Waals surface area contributed by atoms with Crippen LogP contribution < -0.4 is 21.1 Å². The maximum atomic E-state index is 6.32. The van der Waals surface area contributed by atoms with Gasteiger partial charge in [0.15, 0.2) is 7.28 Å². The molecule has 0 spiro atoms. The van der Waals surface area contributed by atoms with E-state index in [0.29, 0.717) is 0 Å². The average molecular weight is 653 g/mol. The number of para-hydroxylation sites is 3. The van der Waals surface area contributed by atoms with Gasteiger partial charge in [-0.05, 0) is 80.1 Å². The summed E-state index contributed by atoms with van der Waals surface area (Å²) in [6.07, 6.45) is 0. The molecule has 51 heavy (non-hydrogen) atoms. The molecular formula is C47H33BN2O. The van der Waals surface area contributed by atoms with Crippen molar-refractivity contribution in [2.75, 3.05) is 10.2 Å². The molecule has 1 aromatic heterocycles. The fraction of sp³-hybridized carbons (Fsp3) is 0.0638. The van der Waals surface area contributed by atoms with Gasteiger partial charge in [-0.2, -0.15) is 0 Å². The molecule has 2 aliphatic heterocycles. The Morgan fingerprint density at radius 3 is 2.12 bits per heavy atom. The van der Waals surface area contributed by atoms with Crippen LogP contribution in [-0.2, 0) is 5.41 Å². The van der Waals surface area contributed by atoms with E-state index in [2.05, 4.69) is 164 Å². The number of hydrogen-bond donors (Lipinski definition) is 1. The van der Waals surface area contributed by atoms with Gasteiger partial charge >= 0.3 is 0 Å². The standard InChI is InChI=1S/C47H33BN2O/c1-47(2)33-18-8-9-22-38(33)50-39-27-29-14-4-6-16-31(29)44(45(39)48-35-20-11-19-34(47)46(35)50)43-30-15-5-3-13-28(30)25-26-37(43)49-36-21-12-24-41-42(36)32-17-7-10-23-40(32)51-41/h3-27,48-49H,1-2H3. The first-order chi connectivity index (χ1) is 25.1. The molecule has 0 saturated carbocycles. The predicted octanol–water partition coefficient (Wildman–Crippen LogP) is 11.1. The van der Waals surface area contributed by atoms with Gasteiger partial charge in [0, 0.05) is 33.4 Å². The van der Waals surface area contributed by atoms with E-state index >= 15 is 0 Å². The highest BCUT2D eigenvalue weighted by Crippen LogP contribution is 2.53. The molecule has 9 aromatic rings. The Balaban J connectivity index is 1.23. The molecule has 240 valence electrons. The number of nitrogens with zero attached hydrogens (tertiary/aromatic N) is 1. The van der Waals surface area contributed by atoms with E-state index in [1.807, 2.05) is 12.1 Å². The second-order valence-electron chi connectivity index (χ2n) is 14.5. The van der Waals surface area contributed by atoms with Crippen molar-refractivity contribution in [3.8, 4) is 11.1 Å². The summed E-state index contributed by atoms with van der Waals surface area (Å²) in [6.45, 7) is 4.75. The van der Waals surface area contributed by atoms with E-state index in [4.69, 9.17) is 4.42 Å². The SMILES string of the molecule is CC1(C)c2ccccc2N2c3cc4ccccc4c(-c4c(Nc5cccc6oc7ccccc7c56)ccc5ccccc45)c3Bc3cccc1c32. The summed E-state index contributed by atoms with van der Waals surface area (Å²) in [4.78, 5) is 2.57. The van der Waals surface area contributed by atoms with Gasteiger partial charge in [-0.1, -0.05) is 135 Å². The second kappa shape index (κ2) is 10.4. The van der Waals surface area contributed by atoms with Crippen LogP contribution in [0.4, 0.5) is 28.4 Å². The van der Waals surface area contributed by atoms with Crippen LogP contribution in [0.15, 0.2) is 156 Å². The first-order valence-corrected chi connectivity index (χ1v) is 17.8. The Kier molecular flexibility index (Phi) is 5.82. The van der Waals surface area contributed by atoms with E-state index in [1.165, 1.54) is 71.8 Å². The van der Waals surface area contributed by atoms with E-state index in [1.54, 1.807) is 0 Å². The van der Waals surface area contributed by atoms with E-state index in [-0.39, 0.29) is 5.41 Å². The molecule has 1 N–H and O–H groups in total. The summed E-state index contributed by atoms with van der Waals surface area (Å²) < 4.78 is 6.32. The Morgan fingerprint density at radius 2 is 1.24 bits per heavy atom. The number of nitrogens with one attached hydrogen (secondary N) is 1. The minimum Gasteiger partial charge on any atom is -0.456 e. The van der Waals surface area contributed by atoms with Gasteiger partial charge in [-0.3, -0.25) is 0 Å². The van der Waals surface area contributed by atoms with Crippen molar-refractivity contribution in [2.24, 2.45) is 0 Å². The van der Waals surface area contributed by atoms with Crippen LogP contribution >= 0.6 is 0 Å². The third-order valence-electron chi connectivity index (χ3n) is 11.4. The molecule has 0 unspecified atom stereocenters. The minimum atomic E-state index is -0.111. The van der Waals surface area contributed by atoms with Gasteiger partial charge in [0.2, 0.25) is 0 Å². The molecule has 3 heterocycles. The van der Waals surface area contributed by atoms with Crippen molar-refractivity contribution in [1.82, 2.24) is 0 Å². The molecule has 0 amide bonds. The zero-order valence-electron chi connectivity index (χ0n) is 28.5. The van der Waals surface area contributed by atoms with Crippen LogP contribution in [0.2, 0.25) is 0 Å². The van der Waals surface area contributed by atoms with Crippen LogP contribution in [-0.4, -0.2) is 7.28 Å². The first kappa shape index (κ1) is 28.6. The molecule has 3 nitrogen and oxygen atoms in total. The predicted molar refractivity (Wildman–Crippen MR) is 217 cm³/mol. The molecule has 8 aromatic carbocycles. The number of hydrogen-bond acceptors (Lipinski definition) is 3. The lowest BCUT2D eigenvalue weighted by Gasteiger charge is -2.46. The minimum absolute atomic E-state index is 0.111. The zero-order chi connectivity index (χ0) is 33.8. The zero-order valence-corrected chi connectivity index (χ0v) is 28.5. The Hall–Kier alpha value is -6.26. The van der Waals surface area contributed by atoms with E-state index in [0.717, 1.165) is 40.6 Å². The summed E-state index contributed by atoms with van der Waals surface area (Å²) in [6, 6.07) is 55.2. The highest BCUT2D eigenvalue weighted by Gasteiger charge is 2.41. The van der Waals surface area contributed by atoms with Crippen LogP contribution in [0.25, 0.3) is 54.6 Å². The van der Waals surface area contributed by atoms with Crippen LogP contribution in [0.1, 0.15) is 25.0 Å². The lowest BCUT2D eigenvalue weighted by atomic mass is 9.55. The number of benzene rings is 8. The molecule has 0 atom stereocenters. The van der Waals surface area contributed by atoms with Gasteiger partial charge in [0.1, 0.15) is 11.2 Å². The topological polar surface area (TPSA) is 28.4 Å². The van der Waals surface area contributed by atoms with Crippen LogP contribution in [0, 0.1) is 0 Å². The number of furan rings is 1. The molecule has 2 aliphatic rings. The lowest BCUT2D eigenvalue weighted by molar-refractivity contribution is 0.632. The highest BCUT2D eigenvalue weighted by atomic mass is 16.3. The average Bonchev–Trinajstić information content (AvgIpc) is 3.55. The summed E-state index contributed by atoms with van der Waals surface area (Å²) in [5.41, 5.74) is 15.6. The molecule has 0 aliphatic carbocycles. The monoisotopic (exact) mass is 652 g/mol. The van der Waals surface area contributed by atoms with Crippen molar-refractivity contribution in [3.05, 3.63) is 163 Å². The van der Waals surface area contributed by atoms with Crippen molar-refractivity contribution >= 4 is 90.1 Å². The molecular weight excluding hydrogens is 619 g/mol. The molecule has 0 bridgehead atoms. The van der Waals surface area contributed by atoms with Gasteiger partial charge in [0.05, 0.1) is 16.8 Å². The van der Waals surface area contributed by atoms with Gasteiger partial charge < -0.3 is 14.6 Å². The number of rotatable bonds is 3. The highest BCUT2D eigenvalue weighted by molar-refractivity contribution is 6.74. The Labute approximate surface area is 297 Å². The van der Waals surface area contributed by atoms with E-state index < -0.39 is 0 Å². The smallest absolute Gasteiger partial charge is 0.198 e. The van der Waals surface area contributed by atoms with E-state index in [9.17, 15) is 0 Å². The van der Waals surface area contributed by atoms with Crippen molar-refractivity contribution in [2.45, 2.75) is 19.3 Å². The largest absolute Gasteiger partial charge is 0.456 e. The maximum Gasteiger partial charge on any atom is 0.198 e. The third kappa shape index (κ3) is 3.96. The molecule has 0 radical (unpaired) electrons. The second-order valence-corrected chi connectivity index (χ2v) is 14.5. The van der Waals surface area contributed by atoms with Gasteiger partial charge in [-0.25, -0.2) is 0 Å². The van der Waals surface area contributed by atoms with Crippen molar-refractivity contribution in [3.63, 3.8) is 0 Å². The quantitative estimate of drug-likeness (QED) is 0.193. The van der Waals surface area contributed by atoms with Gasteiger partial charge in [0.25, 0.3) is 0 Å². The van der Waals surface area contributed by atoms with Crippen LogP contribution in [0.5, 0.6) is 0 Å². The number of fused-ring (bicyclic) bond motifs is 9. The summed E-state index contributed by atoms with van der Waals surface area (Å²) in [5, 5.41) is 11.1. The summed E-state index contributed by atoms with van der Waals surface area (Å²) >= 11 is 0. The summed E-state index contributed by atoms with van der Waals surface area (Å²) in [7, 11) is 0.845. The van der Waals surface area contributed by atoms with Crippen LogP contribution in [0.3, 0.4) is 0 Å². The lowest BCUT2D eigenvalue weighted by Crippen LogP contribution is -2.45. The summed E-state index contributed by atoms with van der Waals surface area (Å²) in [5.74, 6) is 0. The molecule has 0 saturated heterocycles. The maximum absolute atomic E-state index is 6.32. The van der Waals surface area contributed by atoms with Gasteiger partial charge in [-0.15, -0.1) is 0 Å². The Bertz CT molecular complexity index is 2920. The van der Waals surface area contributed by atoms with Crippen molar-refractivity contribution in [1.29, 1.82) is 0 Å². The molecule has 4 heteroatoms. The first-order valence-electron chi connectivity index (χ1n) is 17.8. The fourth-order valence-corrected chi connectivity index (χ4v) is 9.11. The molecule has 0 fully saturated rings. The fourth-order valence-electron chi connectivity index (χ4n) is 9.11. The molecule has 11 rings (SSSR count). The third-order valence-corrected chi connectivity index (χ3v) is 11.4. The Morgan fingerprint density at radius 1 is 0.549 bits per heavy atom.